The van der Waals surface area contributed by atoms with Crippen molar-refractivity contribution in [3.8, 4) is 11.5 Å². The molecule has 2 heterocycles. The maximum absolute atomic E-state index is 12.7. The maximum atomic E-state index is 12.7. The maximum Gasteiger partial charge on any atom is 0.262 e. The molecular formula is C18H21N3O4S. The fourth-order valence-electron chi connectivity index (χ4n) is 2.85. The summed E-state index contributed by atoms with van der Waals surface area (Å²) in [6, 6.07) is 3.42. The summed E-state index contributed by atoms with van der Waals surface area (Å²) in [6.45, 7) is 4.70. The molecule has 7 nitrogen and oxygen atoms in total. The van der Waals surface area contributed by atoms with Crippen molar-refractivity contribution in [2.45, 2.75) is 32.2 Å². The van der Waals surface area contributed by atoms with Crippen LogP contribution in [0.3, 0.4) is 0 Å². The van der Waals surface area contributed by atoms with E-state index in [9.17, 15) is 9.59 Å². The van der Waals surface area contributed by atoms with Crippen molar-refractivity contribution in [3.63, 3.8) is 0 Å². The number of hydrogen-bond donors (Lipinski definition) is 2. The molecule has 1 aromatic heterocycles. The van der Waals surface area contributed by atoms with Gasteiger partial charge in [0.2, 0.25) is 12.7 Å². The minimum absolute atomic E-state index is 0.0149. The molecule has 26 heavy (non-hydrogen) atoms. The molecule has 8 heteroatoms. The lowest BCUT2D eigenvalue weighted by Crippen LogP contribution is -2.23. The van der Waals surface area contributed by atoms with Crippen molar-refractivity contribution in [2.24, 2.45) is 0 Å². The lowest BCUT2D eigenvalue weighted by Gasteiger charge is -2.09. The second kappa shape index (κ2) is 8.18. The van der Waals surface area contributed by atoms with Crippen molar-refractivity contribution in [2.75, 3.05) is 13.3 Å². The molecule has 0 atom stereocenters. The minimum Gasteiger partial charge on any atom is -0.454 e. The molecule has 2 aromatic rings. The molecule has 138 valence electrons. The third-order valence-electron chi connectivity index (χ3n) is 4.20. The Morgan fingerprint density at radius 2 is 2.08 bits per heavy atom. The lowest BCUT2D eigenvalue weighted by molar-refractivity contribution is -0.121. The van der Waals surface area contributed by atoms with Gasteiger partial charge in [0.1, 0.15) is 0 Å². The normalized spacial score (nSPS) is 12.3. The Hall–Kier alpha value is -2.61. The number of fused-ring (bicyclic) bond motifs is 2. The minimum atomic E-state index is -0.147. The van der Waals surface area contributed by atoms with Crippen LogP contribution in [-0.2, 0) is 11.3 Å². The SMILES string of the molecule is C=CCNC(=O)CCCCCn1c(=S)[nH]c2cc3c(cc2c1=O)OCO3. The van der Waals surface area contributed by atoms with Crippen LogP contribution < -0.4 is 20.3 Å². The molecule has 0 unspecified atom stereocenters. The zero-order valence-corrected chi connectivity index (χ0v) is 15.2. The number of carbonyl (C=O) groups excluding carboxylic acids is 1. The second-order valence-electron chi connectivity index (χ2n) is 6.04. The molecule has 0 saturated carbocycles. The van der Waals surface area contributed by atoms with Crippen LogP contribution in [0.1, 0.15) is 25.7 Å². The highest BCUT2D eigenvalue weighted by Crippen LogP contribution is 2.34. The van der Waals surface area contributed by atoms with E-state index >= 15 is 0 Å². The summed E-state index contributed by atoms with van der Waals surface area (Å²) in [7, 11) is 0. The lowest BCUT2D eigenvalue weighted by atomic mass is 10.2. The topological polar surface area (TPSA) is 85.4 Å². The van der Waals surface area contributed by atoms with Gasteiger partial charge in [0.25, 0.3) is 5.56 Å². The van der Waals surface area contributed by atoms with Crippen molar-refractivity contribution >= 4 is 29.0 Å². The Kier molecular flexibility index (Phi) is 5.72. The van der Waals surface area contributed by atoms with Gasteiger partial charge in [-0.05, 0) is 31.1 Å². The van der Waals surface area contributed by atoms with E-state index in [1.54, 1.807) is 22.8 Å². The Balaban J connectivity index is 1.64. The fourth-order valence-corrected chi connectivity index (χ4v) is 3.14. The van der Waals surface area contributed by atoms with E-state index < -0.39 is 0 Å². The number of ether oxygens (including phenoxy) is 2. The van der Waals surface area contributed by atoms with Crippen molar-refractivity contribution < 1.29 is 14.3 Å². The number of benzene rings is 1. The average Bonchev–Trinajstić information content (AvgIpc) is 3.08. The monoisotopic (exact) mass is 375 g/mol. The van der Waals surface area contributed by atoms with Gasteiger partial charge in [0.05, 0.1) is 10.9 Å². The van der Waals surface area contributed by atoms with Gasteiger partial charge < -0.3 is 19.8 Å². The molecule has 0 radical (unpaired) electrons. The molecule has 0 aliphatic carbocycles. The van der Waals surface area contributed by atoms with E-state index in [2.05, 4.69) is 16.9 Å². The highest BCUT2D eigenvalue weighted by atomic mass is 32.1. The summed E-state index contributed by atoms with van der Waals surface area (Å²) in [6.07, 6.45) is 4.49. The zero-order chi connectivity index (χ0) is 18.5. The number of nitrogens with zero attached hydrogens (tertiary/aromatic N) is 1. The molecule has 1 aliphatic heterocycles. The first-order valence-corrected chi connectivity index (χ1v) is 8.95. The molecular weight excluding hydrogens is 354 g/mol. The number of carbonyl (C=O) groups is 1. The van der Waals surface area contributed by atoms with E-state index in [-0.39, 0.29) is 18.3 Å². The van der Waals surface area contributed by atoms with Crippen LogP contribution in [0, 0.1) is 4.77 Å². The number of amides is 1. The van der Waals surface area contributed by atoms with Crippen LogP contribution in [-0.4, -0.2) is 28.8 Å². The number of unbranched alkanes of at least 4 members (excludes halogenated alkanes) is 2. The number of hydrogen-bond acceptors (Lipinski definition) is 5. The molecule has 1 amide bonds. The average molecular weight is 375 g/mol. The predicted molar refractivity (Wildman–Crippen MR) is 101 cm³/mol. The number of H-pyrrole nitrogens is 1. The molecule has 0 fully saturated rings. The van der Waals surface area contributed by atoms with Gasteiger partial charge in [-0.25, -0.2) is 0 Å². The third-order valence-corrected chi connectivity index (χ3v) is 4.53. The number of rotatable bonds is 8. The Bertz CT molecular complexity index is 948. The first kappa shape index (κ1) is 18.2. The first-order chi connectivity index (χ1) is 12.6. The van der Waals surface area contributed by atoms with Gasteiger partial charge in [-0.1, -0.05) is 12.5 Å². The Morgan fingerprint density at radius 1 is 1.31 bits per heavy atom. The van der Waals surface area contributed by atoms with Crippen LogP contribution in [0.2, 0.25) is 0 Å². The summed E-state index contributed by atoms with van der Waals surface area (Å²) in [4.78, 5) is 27.4. The van der Waals surface area contributed by atoms with E-state index in [1.807, 2.05) is 0 Å². The number of nitrogens with one attached hydrogen (secondary N) is 2. The van der Waals surface area contributed by atoms with Crippen LogP contribution in [0.4, 0.5) is 0 Å². The molecule has 0 bridgehead atoms. The van der Waals surface area contributed by atoms with Crippen LogP contribution in [0.15, 0.2) is 29.6 Å². The van der Waals surface area contributed by atoms with Crippen molar-refractivity contribution in [1.29, 1.82) is 0 Å². The van der Waals surface area contributed by atoms with Gasteiger partial charge in [-0.2, -0.15) is 0 Å². The van der Waals surface area contributed by atoms with Gasteiger partial charge >= 0.3 is 0 Å². The summed E-state index contributed by atoms with van der Waals surface area (Å²) in [5.41, 5.74) is 0.491. The summed E-state index contributed by atoms with van der Waals surface area (Å²) < 4.78 is 12.6. The largest absolute Gasteiger partial charge is 0.454 e. The van der Waals surface area contributed by atoms with Gasteiger partial charge in [-0.3, -0.25) is 14.2 Å². The molecule has 0 saturated heterocycles. The smallest absolute Gasteiger partial charge is 0.262 e. The van der Waals surface area contributed by atoms with Crippen molar-refractivity contribution in [3.05, 3.63) is 39.9 Å². The third kappa shape index (κ3) is 3.96. The summed E-state index contributed by atoms with van der Waals surface area (Å²) in [5.74, 6) is 1.19. The highest BCUT2D eigenvalue weighted by Gasteiger charge is 2.16. The van der Waals surface area contributed by atoms with E-state index in [4.69, 9.17) is 21.7 Å². The van der Waals surface area contributed by atoms with Gasteiger partial charge in [0.15, 0.2) is 16.3 Å². The molecule has 1 aliphatic rings. The van der Waals surface area contributed by atoms with E-state index in [1.165, 1.54) is 0 Å². The number of aromatic nitrogens is 2. The first-order valence-electron chi connectivity index (χ1n) is 8.54. The zero-order valence-electron chi connectivity index (χ0n) is 14.4. The quantitative estimate of drug-likeness (QED) is 0.421. The fraction of sp³-hybridized carbons (Fsp3) is 0.389. The standard InChI is InChI=1S/C18H21N3O4S/c1-2-7-19-16(22)6-4-3-5-8-21-17(23)12-9-14-15(25-11-24-14)10-13(12)20-18(21)26/h2,9-10H,1,3-8,11H2,(H,19,22)(H,20,26). The van der Waals surface area contributed by atoms with Gasteiger partial charge in [-0.15, -0.1) is 6.58 Å². The highest BCUT2D eigenvalue weighted by molar-refractivity contribution is 7.71. The second-order valence-corrected chi connectivity index (χ2v) is 6.43. The van der Waals surface area contributed by atoms with Gasteiger partial charge in [0, 0.05) is 25.6 Å². The Labute approximate surface area is 155 Å². The van der Waals surface area contributed by atoms with Crippen molar-refractivity contribution in [1.82, 2.24) is 14.9 Å². The van der Waals surface area contributed by atoms with Crippen LogP contribution in [0.25, 0.3) is 10.9 Å². The van der Waals surface area contributed by atoms with E-state index in [0.29, 0.717) is 46.7 Å². The van der Waals surface area contributed by atoms with E-state index in [0.717, 1.165) is 19.3 Å². The molecule has 0 spiro atoms. The summed E-state index contributed by atoms with van der Waals surface area (Å²) >= 11 is 5.32. The molecule has 3 rings (SSSR count). The number of aromatic amines is 1. The Morgan fingerprint density at radius 3 is 2.85 bits per heavy atom. The van der Waals surface area contributed by atoms with Crippen LogP contribution in [0.5, 0.6) is 11.5 Å². The van der Waals surface area contributed by atoms with Crippen LogP contribution >= 0.6 is 12.2 Å². The molecule has 1 aromatic carbocycles. The summed E-state index contributed by atoms with van der Waals surface area (Å²) in [5, 5.41) is 3.26. The predicted octanol–water partition coefficient (Wildman–Crippen LogP) is 2.65. The molecule has 2 N–H and O–H groups in total.